The fourth-order valence-electron chi connectivity index (χ4n) is 1.63. The van der Waals surface area contributed by atoms with Crippen LogP contribution in [-0.4, -0.2) is 27.7 Å². The van der Waals surface area contributed by atoms with Crippen molar-refractivity contribution in [2.75, 3.05) is 18.5 Å². The second-order valence-electron chi connectivity index (χ2n) is 3.82. The molecule has 0 bridgehead atoms. The summed E-state index contributed by atoms with van der Waals surface area (Å²) >= 11 is 1.64. The highest BCUT2D eigenvalue weighted by atomic mass is 32.1. The minimum Gasteiger partial charge on any atom is -0.382 e. The lowest BCUT2D eigenvalue weighted by molar-refractivity contribution is 0.142. The second kappa shape index (κ2) is 7.13. The summed E-state index contributed by atoms with van der Waals surface area (Å²) in [5.74, 6) is 0.903. The lowest BCUT2D eigenvalue weighted by Crippen LogP contribution is -2.08. The third kappa shape index (κ3) is 3.82. The highest BCUT2D eigenvalue weighted by molar-refractivity contribution is 7.09. The summed E-state index contributed by atoms with van der Waals surface area (Å²) in [4.78, 5) is 9.57. The molecule has 0 amide bonds. The lowest BCUT2D eigenvalue weighted by atomic mass is 10.4. The molecule has 2 aromatic heterocycles. The molecular weight excluding hydrogens is 248 g/mol. The average molecular weight is 266 g/mol. The minimum absolute atomic E-state index is 0.771. The summed E-state index contributed by atoms with van der Waals surface area (Å²) in [6, 6.07) is 0. The second-order valence-corrected chi connectivity index (χ2v) is 4.79. The van der Waals surface area contributed by atoms with Crippen LogP contribution in [0.2, 0.25) is 0 Å². The van der Waals surface area contributed by atoms with Crippen LogP contribution in [0.4, 0.5) is 5.95 Å². The van der Waals surface area contributed by atoms with Gasteiger partial charge in [-0.2, -0.15) is 0 Å². The van der Waals surface area contributed by atoms with Crippen LogP contribution in [0.5, 0.6) is 0 Å². The van der Waals surface area contributed by atoms with Crippen LogP contribution in [-0.2, 0) is 17.8 Å². The standard InChI is InChI=1S/C12H18N4OS/c1-2-17-7-3-5-16-6-4-14-12(16)15-9-11-8-13-10-18-11/h4,6,8,10H,2-3,5,7,9H2,1H3,(H,14,15). The van der Waals surface area contributed by atoms with Crippen molar-refractivity contribution in [3.63, 3.8) is 0 Å². The maximum absolute atomic E-state index is 5.33. The van der Waals surface area contributed by atoms with Crippen molar-refractivity contribution in [3.8, 4) is 0 Å². The topological polar surface area (TPSA) is 52.0 Å². The Balaban J connectivity index is 1.79. The molecule has 0 fully saturated rings. The van der Waals surface area contributed by atoms with Gasteiger partial charge in [0.25, 0.3) is 0 Å². The highest BCUT2D eigenvalue weighted by Crippen LogP contribution is 2.10. The molecule has 0 aromatic carbocycles. The first kappa shape index (κ1) is 13.0. The molecule has 1 N–H and O–H groups in total. The molecule has 0 radical (unpaired) electrons. The highest BCUT2D eigenvalue weighted by Gasteiger charge is 2.02. The van der Waals surface area contributed by atoms with Crippen molar-refractivity contribution in [2.24, 2.45) is 0 Å². The number of hydrogen-bond donors (Lipinski definition) is 1. The number of rotatable bonds is 8. The average Bonchev–Trinajstić information content (AvgIpc) is 3.03. The molecular formula is C12H18N4OS. The predicted molar refractivity (Wildman–Crippen MR) is 72.8 cm³/mol. The number of aryl methyl sites for hydroxylation is 1. The van der Waals surface area contributed by atoms with E-state index < -0.39 is 0 Å². The molecule has 2 aromatic rings. The van der Waals surface area contributed by atoms with Crippen LogP contribution in [0.1, 0.15) is 18.2 Å². The zero-order valence-corrected chi connectivity index (χ0v) is 11.3. The van der Waals surface area contributed by atoms with E-state index in [0.29, 0.717) is 0 Å². The van der Waals surface area contributed by atoms with Gasteiger partial charge in [-0.3, -0.25) is 4.98 Å². The largest absolute Gasteiger partial charge is 0.382 e. The van der Waals surface area contributed by atoms with Crippen molar-refractivity contribution >= 4 is 17.3 Å². The number of ether oxygens (including phenoxy) is 1. The normalized spacial score (nSPS) is 10.7. The van der Waals surface area contributed by atoms with Gasteiger partial charge in [-0.05, 0) is 13.3 Å². The first-order valence-electron chi connectivity index (χ1n) is 6.10. The fraction of sp³-hybridized carbons (Fsp3) is 0.500. The van der Waals surface area contributed by atoms with Crippen molar-refractivity contribution < 1.29 is 4.74 Å². The summed E-state index contributed by atoms with van der Waals surface area (Å²) < 4.78 is 7.44. The summed E-state index contributed by atoms with van der Waals surface area (Å²) in [5, 5.41) is 3.32. The van der Waals surface area contributed by atoms with Gasteiger partial charge in [-0.1, -0.05) is 0 Å². The van der Waals surface area contributed by atoms with E-state index in [1.54, 1.807) is 11.3 Å². The lowest BCUT2D eigenvalue weighted by Gasteiger charge is -2.08. The van der Waals surface area contributed by atoms with Gasteiger partial charge in [0.1, 0.15) is 0 Å². The molecule has 0 unspecified atom stereocenters. The maximum Gasteiger partial charge on any atom is 0.203 e. The third-order valence-corrected chi connectivity index (χ3v) is 3.29. The van der Waals surface area contributed by atoms with E-state index in [4.69, 9.17) is 4.74 Å². The van der Waals surface area contributed by atoms with Gasteiger partial charge in [0.05, 0.1) is 12.1 Å². The smallest absolute Gasteiger partial charge is 0.203 e. The minimum atomic E-state index is 0.771. The summed E-state index contributed by atoms with van der Waals surface area (Å²) in [6.07, 6.45) is 6.68. The molecule has 0 spiro atoms. The number of anilines is 1. The van der Waals surface area contributed by atoms with Gasteiger partial charge in [0, 0.05) is 43.2 Å². The fourth-order valence-corrected chi connectivity index (χ4v) is 2.17. The number of thiazole rings is 1. The molecule has 6 heteroatoms. The Morgan fingerprint density at radius 2 is 2.44 bits per heavy atom. The van der Waals surface area contributed by atoms with E-state index >= 15 is 0 Å². The molecule has 2 rings (SSSR count). The van der Waals surface area contributed by atoms with E-state index in [1.165, 1.54) is 4.88 Å². The van der Waals surface area contributed by atoms with Crippen molar-refractivity contribution in [1.29, 1.82) is 0 Å². The van der Waals surface area contributed by atoms with Crippen molar-refractivity contribution in [2.45, 2.75) is 26.4 Å². The number of hydrogen-bond acceptors (Lipinski definition) is 5. The monoisotopic (exact) mass is 266 g/mol. The Hall–Kier alpha value is -1.40. The van der Waals surface area contributed by atoms with E-state index in [2.05, 4.69) is 19.9 Å². The molecule has 0 aliphatic rings. The van der Waals surface area contributed by atoms with E-state index in [1.807, 2.05) is 31.0 Å². The van der Waals surface area contributed by atoms with E-state index in [0.717, 1.165) is 38.7 Å². The van der Waals surface area contributed by atoms with Crippen LogP contribution in [0, 0.1) is 0 Å². The van der Waals surface area contributed by atoms with Crippen LogP contribution in [0.25, 0.3) is 0 Å². The molecule has 5 nitrogen and oxygen atoms in total. The Labute approximate surface area is 111 Å². The molecule has 0 saturated heterocycles. The number of imidazole rings is 1. The first-order chi connectivity index (χ1) is 8.90. The molecule has 0 saturated carbocycles. The van der Waals surface area contributed by atoms with E-state index in [-0.39, 0.29) is 0 Å². The Morgan fingerprint density at radius 3 is 3.22 bits per heavy atom. The number of aromatic nitrogens is 3. The van der Waals surface area contributed by atoms with Crippen LogP contribution in [0.15, 0.2) is 24.1 Å². The summed E-state index contributed by atoms with van der Waals surface area (Å²) in [5.41, 5.74) is 1.84. The molecule has 98 valence electrons. The van der Waals surface area contributed by atoms with Gasteiger partial charge in [0.15, 0.2) is 0 Å². The number of nitrogens with zero attached hydrogens (tertiary/aromatic N) is 3. The zero-order chi connectivity index (χ0) is 12.6. The quantitative estimate of drug-likeness (QED) is 0.745. The van der Waals surface area contributed by atoms with Gasteiger partial charge < -0.3 is 14.6 Å². The maximum atomic E-state index is 5.33. The summed E-state index contributed by atoms with van der Waals surface area (Å²) in [6.45, 7) is 5.28. The van der Waals surface area contributed by atoms with Gasteiger partial charge in [-0.15, -0.1) is 11.3 Å². The van der Waals surface area contributed by atoms with Crippen LogP contribution in [0.3, 0.4) is 0 Å². The van der Waals surface area contributed by atoms with Crippen LogP contribution < -0.4 is 5.32 Å². The van der Waals surface area contributed by atoms with Crippen LogP contribution >= 0.6 is 11.3 Å². The molecule has 0 atom stereocenters. The van der Waals surface area contributed by atoms with Crippen molar-refractivity contribution in [3.05, 3.63) is 29.0 Å². The first-order valence-corrected chi connectivity index (χ1v) is 6.98. The zero-order valence-electron chi connectivity index (χ0n) is 10.5. The van der Waals surface area contributed by atoms with E-state index in [9.17, 15) is 0 Å². The Kier molecular flexibility index (Phi) is 5.16. The van der Waals surface area contributed by atoms with Gasteiger partial charge >= 0.3 is 0 Å². The third-order valence-electron chi connectivity index (χ3n) is 2.51. The van der Waals surface area contributed by atoms with Gasteiger partial charge in [0.2, 0.25) is 5.95 Å². The summed E-state index contributed by atoms with van der Waals surface area (Å²) in [7, 11) is 0. The molecule has 0 aliphatic heterocycles. The Bertz CT molecular complexity index is 441. The van der Waals surface area contributed by atoms with Gasteiger partial charge in [-0.25, -0.2) is 4.98 Å². The number of nitrogens with one attached hydrogen (secondary N) is 1. The van der Waals surface area contributed by atoms with Crippen molar-refractivity contribution in [1.82, 2.24) is 14.5 Å². The Morgan fingerprint density at radius 1 is 1.50 bits per heavy atom. The predicted octanol–water partition coefficient (Wildman–Crippen LogP) is 2.38. The molecule has 2 heterocycles. The molecule has 18 heavy (non-hydrogen) atoms. The SMILES string of the molecule is CCOCCCn1ccnc1NCc1cncs1. The molecule has 0 aliphatic carbocycles.